The highest BCUT2D eigenvalue weighted by molar-refractivity contribution is 6.34. The molecule has 10 heteroatoms. The molecule has 0 saturated carbocycles. The van der Waals surface area contributed by atoms with Gasteiger partial charge in [-0.25, -0.2) is 0 Å². The van der Waals surface area contributed by atoms with Gasteiger partial charge in [0.1, 0.15) is 0 Å². The van der Waals surface area contributed by atoms with Crippen molar-refractivity contribution in [2.75, 3.05) is 31.1 Å². The van der Waals surface area contributed by atoms with Gasteiger partial charge in [0.25, 0.3) is 11.8 Å². The number of aromatic nitrogens is 1. The number of carbonyl (C=O) groups is 2. The molecule has 3 heterocycles. The van der Waals surface area contributed by atoms with Crippen LogP contribution in [0.1, 0.15) is 75.6 Å². The fourth-order valence-electron chi connectivity index (χ4n) is 6.71. The first-order valence-electron chi connectivity index (χ1n) is 14.4. The van der Waals surface area contributed by atoms with Gasteiger partial charge in [0, 0.05) is 49.8 Å². The summed E-state index contributed by atoms with van der Waals surface area (Å²) < 4.78 is 39.9. The van der Waals surface area contributed by atoms with Gasteiger partial charge in [-0.15, -0.1) is 0 Å². The topological polar surface area (TPSA) is 65.5 Å². The van der Waals surface area contributed by atoms with Crippen molar-refractivity contribution in [1.82, 2.24) is 15.2 Å². The SMILES string of the molecule is O=C(NC1CCc2ccc(C(=O)N3CCC4(CC3)CCN(c3ccncc3)CC4)cc21)c1cccc(C(F)(F)F)c1Cl. The molecule has 2 aromatic carbocycles. The Balaban J connectivity index is 1.09. The molecule has 1 spiro atoms. The molecule has 1 unspecified atom stereocenters. The number of alkyl halides is 3. The van der Waals surface area contributed by atoms with Gasteiger partial charge in [-0.05, 0) is 91.5 Å². The number of anilines is 1. The Hall–Kier alpha value is -3.59. The Morgan fingerprint density at radius 2 is 1.64 bits per heavy atom. The molecule has 1 atom stereocenters. The second kappa shape index (κ2) is 11.2. The summed E-state index contributed by atoms with van der Waals surface area (Å²) in [7, 11) is 0. The second-order valence-corrected chi connectivity index (χ2v) is 12.0. The van der Waals surface area contributed by atoms with Crippen LogP contribution in [0.15, 0.2) is 60.9 Å². The number of rotatable bonds is 4. The van der Waals surface area contributed by atoms with Gasteiger partial charge in [-0.2, -0.15) is 13.2 Å². The summed E-state index contributed by atoms with van der Waals surface area (Å²) in [4.78, 5) is 35.0. The molecule has 2 saturated heterocycles. The normalized spacial score (nSPS) is 20.0. The molecular formula is C32H32ClF3N4O2. The maximum Gasteiger partial charge on any atom is 0.417 e. The number of amides is 2. The number of benzene rings is 2. The molecule has 42 heavy (non-hydrogen) atoms. The van der Waals surface area contributed by atoms with Gasteiger partial charge in [0.15, 0.2) is 0 Å². The van der Waals surface area contributed by atoms with E-state index >= 15 is 0 Å². The number of piperidine rings is 2. The summed E-state index contributed by atoms with van der Waals surface area (Å²) >= 11 is 5.98. The molecule has 3 aliphatic rings. The van der Waals surface area contributed by atoms with Crippen LogP contribution < -0.4 is 10.2 Å². The predicted molar refractivity (Wildman–Crippen MR) is 155 cm³/mol. The van der Waals surface area contributed by atoms with Crippen LogP contribution in [0.2, 0.25) is 5.02 Å². The Morgan fingerprint density at radius 3 is 2.33 bits per heavy atom. The van der Waals surface area contributed by atoms with E-state index < -0.39 is 28.7 Å². The highest BCUT2D eigenvalue weighted by atomic mass is 35.5. The lowest BCUT2D eigenvalue weighted by Gasteiger charge is -2.47. The highest BCUT2D eigenvalue weighted by Crippen LogP contribution is 2.43. The molecule has 2 amide bonds. The van der Waals surface area contributed by atoms with Crippen LogP contribution >= 0.6 is 11.6 Å². The minimum absolute atomic E-state index is 0.0280. The average Bonchev–Trinajstić information content (AvgIpc) is 3.39. The number of likely N-dealkylation sites (tertiary alicyclic amines) is 1. The molecule has 1 aromatic heterocycles. The first-order valence-corrected chi connectivity index (χ1v) is 14.8. The first-order chi connectivity index (χ1) is 20.1. The van der Waals surface area contributed by atoms with Gasteiger partial charge in [-0.3, -0.25) is 14.6 Å². The van der Waals surface area contributed by atoms with Crippen molar-refractivity contribution in [2.24, 2.45) is 5.41 Å². The van der Waals surface area contributed by atoms with Crippen LogP contribution in [-0.4, -0.2) is 47.9 Å². The maximum absolute atomic E-state index is 13.5. The predicted octanol–water partition coefficient (Wildman–Crippen LogP) is 6.69. The zero-order valence-corrected chi connectivity index (χ0v) is 23.8. The van der Waals surface area contributed by atoms with Crippen molar-refractivity contribution in [3.63, 3.8) is 0 Å². The molecular weight excluding hydrogens is 565 g/mol. The quantitative estimate of drug-likeness (QED) is 0.364. The van der Waals surface area contributed by atoms with Crippen molar-refractivity contribution >= 4 is 29.1 Å². The van der Waals surface area contributed by atoms with E-state index in [9.17, 15) is 22.8 Å². The van der Waals surface area contributed by atoms with Crippen molar-refractivity contribution in [1.29, 1.82) is 0 Å². The molecule has 6 rings (SSSR count). The van der Waals surface area contributed by atoms with Gasteiger partial charge in [-0.1, -0.05) is 23.7 Å². The Labute approximate surface area is 247 Å². The number of nitrogens with one attached hydrogen (secondary N) is 1. The van der Waals surface area contributed by atoms with E-state index in [2.05, 4.69) is 15.2 Å². The summed E-state index contributed by atoms with van der Waals surface area (Å²) in [5, 5.41) is 2.23. The molecule has 2 aliphatic heterocycles. The lowest BCUT2D eigenvalue weighted by atomic mass is 9.71. The largest absolute Gasteiger partial charge is 0.417 e. The monoisotopic (exact) mass is 596 g/mol. The maximum atomic E-state index is 13.5. The molecule has 1 aliphatic carbocycles. The van der Waals surface area contributed by atoms with E-state index in [0.717, 1.165) is 56.0 Å². The summed E-state index contributed by atoms with van der Waals surface area (Å²) in [6, 6.07) is 12.6. The second-order valence-electron chi connectivity index (χ2n) is 11.6. The number of hydrogen-bond donors (Lipinski definition) is 1. The van der Waals surface area contributed by atoms with E-state index in [4.69, 9.17) is 11.6 Å². The summed E-state index contributed by atoms with van der Waals surface area (Å²) in [6.45, 7) is 3.42. The molecule has 0 radical (unpaired) electrons. The number of carbonyl (C=O) groups excluding carboxylic acids is 2. The van der Waals surface area contributed by atoms with Crippen LogP contribution in [0.3, 0.4) is 0 Å². The summed E-state index contributed by atoms with van der Waals surface area (Å²) in [5.41, 5.74) is 2.62. The zero-order valence-electron chi connectivity index (χ0n) is 23.1. The lowest BCUT2D eigenvalue weighted by Crippen LogP contribution is -2.48. The van der Waals surface area contributed by atoms with E-state index in [1.54, 1.807) is 0 Å². The molecule has 3 aromatic rings. The van der Waals surface area contributed by atoms with E-state index in [0.29, 0.717) is 31.5 Å². The van der Waals surface area contributed by atoms with Crippen LogP contribution in [0.25, 0.3) is 0 Å². The third-order valence-electron chi connectivity index (χ3n) is 9.29. The molecule has 6 nitrogen and oxygen atoms in total. The third kappa shape index (κ3) is 5.59. The molecule has 1 N–H and O–H groups in total. The molecule has 220 valence electrons. The number of fused-ring (bicyclic) bond motifs is 1. The number of hydrogen-bond acceptors (Lipinski definition) is 4. The minimum Gasteiger partial charge on any atom is -0.371 e. The van der Waals surface area contributed by atoms with Crippen molar-refractivity contribution in [3.05, 3.63) is 93.8 Å². The zero-order chi connectivity index (χ0) is 29.5. The Kier molecular flexibility index (Phi) is 7.64. The van der Waals surface area contributed by atoms with Crippen LogP contribution in [-0.2, 0) is 12.6 Å². The lowest BCUT2D eigenvalue weighted by molar-refractivity contribution is -0.137. The molecule has 0 bridgehead atoms. The smallest absolute Gasteiger partial charge is 0.371 e. The average molecular weight is 597 g/mol. The minimum atomic E-state index is -4.66. The van der Waals surface area contributed by atoms with Crippen LogP contribution in [0, 0.1) is 5.41 Å². The van der Waals surface area contributed by atoms with Crippen molar-refractivity contribution in [3.8, 4) is 0 Å². The number of pyridine rings is 1. The van der Waals surface area contributed by atoms with Crippen LogP contribution in [0.4, 0.5) is 18.9 Å². The summed E-state index contributed by atoms with van der Waals surface area (Å²) in [6.07, 6.45) is 4.45. The Bertz CT molecular complexity index is 1480. The highest BCUT2D eigenvalue weighted by Gasteiger charge is 2.39. The molecule has 2 fully saturated rings. The van der Waals surface area contributed by atoms with Crippen LogP contribution in [0.5, 0.6) is 0 Å². The van der Waals surface area contributed by atoms with Gasteiger partial charge < -0.3 is 15.1 Å². The first kappa shape index (κ1) is 28.5. The fraction of sp³-hybridized carbons (Fsp3) is 0.406. The number of aryl methyl sites for hydroxylation is 1. The third-order valence-corrected chi connectivity index (χ3v) is 9.70. The van der Waals surface area contributed by atoms with E-state index in [1.165, 1.54) is 17.8 Å². The number of nitrogens with zero attached hydrogens (tertiary/aromatic N) is 3. The summed E-state index contributed by atoms with van der Waals surface area (Å²) in [5.74, 6) is -0.697. The van der Waals surface area contributed by atoms with Crippen molar-refractivity contribution in [2.45, 2.75) is 50.7 Å². The van der Waals surface area contributed by atoms with Gasteiger partial charge in [0.05, 0.1) is 22.2 Å². The standard InChI is InChI=1S/C32H32ClF3N4O2/c33-28-24(2-1-3-26(28)32(34,35)36)29(41)38-27-7-6-21-4-5-22(20-25(21)27)30(42)40-18-12-31(13-19-40)10-16-39(17-11-31)23-8-14-37-15-9-23/h1-5,8-9,14-15,20,27H,6-7,10-13,16-19H2,(H,38,41). The van der Waals surface area contributed by atoms with E-state index in [1.807, 2.05) is 47.6 Å². The Morgan fingerprint density at radius 1 is 0.952 bits per heavy atom. The van der Waals surface area contributed by atoms with Gasteiger partial charge in [0.2, 0.25) is 0 Å². The van der Waals surface area contributed by atoms with E-state index in [-0.39, 0.29) is 16.9 Å². The number of halogens is 4. The van der Waals surface area contributed by atoms with Crippen molar-refractivity contribution < 1.29 is 22.8 Å². The van der Waals surface area contributed by atoms with Gasteiger partial charge >= 0.3 is 6.18 Å². The fourth-order valence-corrected chi connectivity index (χ4v) is 7.03.